The normalized spacial score (nSPS) is 11.1. The molecule has 0 radical (unpaired) electrons. The molecule has 2 rings (SSSR count). The minimum atomic E-state index is -0.397. The molecule has 0 unspecified atom stereocenters. The van der Waals surface area contributed by atoms with E-state index in [-0.39, 0.29) is 5.78 Å². The average molecular weight is 355 g/mol. The summed E-state index contributed by atoms with van der Waals surface area (Å²) in [5.41, 5.74) is -0.397. The zero-order valence-electron chi connectivity index (χ0n) is 13.1. The van der Waals surface area contributed by atoms with Crippen molar-refractivity contribution in [1.29, 1.82) is 0 Å². The van der Waals surface area contributed by atoms with E-state index < -0.39 is 5.60 Å². The number of carbonyl (C=O) groups is 2. The first-order chi connectivity index (χ1) is 10.8. The Morgan fingerprint density at radius 3 is 2.39 bits per heavy atom. The summed E-state index contributed by atoms with van der Waals surface area (Å²) in [7, 11) is 1.63. The van der Waals surface area contributed by atoms with Gasteiger partial charge in [-0.2, -0.15) is 0 Å². The molecule has 0 saturated heterocycles. The van der Waals surface area contributed by atoms with Crippen LogP contribution in [0.25, 0.3) is 0 Å². The number of ether oxygens (including phenoxy) is 1. The van der Waals surface area contributed by atoms with E-state index >= 15 is 0 Å². The molecule has 0 saturated carbocycles. The van der Waals surface area contributed by atoms with Crippen LogP contribution < -0.4 is 0 Å². The molecule has 0 aliphatic heterocycles. The molecule has 1 N–H and O–H groups in total. The van der Waals surface area contributed by atoms with Crippen molar-refractivity contribution in [1.82, 2.24) is 9.97 Å². The van der Waals surface area contributed by atoms with E-state index in [1.165, 1.54) is 42.0 Å². The fourth-order valence-corrected chi connectivity index (χ4v) is 2.76. The maximum atomic E-state index is 10.7. The number of hydrogen-bond donors (Lipinski definition) is 1. The standard InChI is InChI=1S/C8H11NO2S.C6H6N2O2S/c1-8(2,11-3)7-9-4-6(5-10)12-7;1-4(9)6-7-2-5(11-6)3-8-10/h4-5H,1-3H3;2-3,10H,1H3/b;8-3+. The van der Waals surface area contributed by atoms with Gasteiger partial charge in [-0.1, -0.05) is 5.16 Å². The van der Waals surface area contributed by atoms with Crippen molar-refractivity contribution < 1.29 is 19.5 Å². The Labute approximate surface area is 141 Å². The topological polar surface area (TPSA) is 102 Å². The first-order valence-corrected chi connectivity index (χ1v) is 8.08. The minimum absolute atomic E-state index is 0.0763. The van der Waals surface area contributed by atoms with Gasteiger partial charge >= 0.3 is 0 Å². The number of aromatic nitrogens is 2. The Kier molecular flexibility index (Phi) is 7.14. The van der Waals surface area contributed by atoms with Crippen molar-refractivity contribution in [3.8, 4) is 0 Å². The molecule has 0 bridgehead atoms. The summed E-state index contributed by atoms with van der Waals surface area (Å²) in [6.07, 6.45) is 5.09. The lowest BCUT2D eigenvalue weighted by Crippen LogP contribution is -2.18. The first-order valence-electron chi connectivity index (χ1n) is 6.45. The Bertz CT molecular complexity index is 692. The predicted octanol–water partition coefficient (Wildman–Crippen LogP) is 2.99. The van der Waals surface area contributed by atoms with Crippen LogP contribution in [0.15, 0.2) is 17.5 Å². The molecule has 7 nitrogen and oxygen atoms in total. The van der Waals surface area contributed by atoms with Crippen molar-refractivity contribution in [2.24, 2.45) is 5.16 Å². The molecule has 0 aliphatic rings. The molecule has 0 aliphatic carbocycles. The van der Waals surface area contributed by atoms with Crippen LogP contribution in [0.2, 0.25) is 0 Å². The number of nitrogens with zero attached hydrogens (tertiary/aromatic N) is 3. The third-order valence-corrected chi connectivity index (χ3v) is 4.94. The molecule has 2 heterocycles. The van der Waals surface area contributed by atoms with Gasteiger partial charge in [-0.15, -0.1) is 22.7 Å². The Morgan fingerprint density at radius 1 is 1.30 bits per heavy atom. The quantitative estimate of drug-likeness (QED) is 0.291. The number of thiazole rings is 2. The van der Waals surface area contributed by atoms with Crippen molar-refractivity contribution in [3.63, 3.8) is 0 Å². The van der Waals surface area contributed by atoms with Gasteiger partial charge in [0.05, 0.1) is 16.0 Å². The smallest absolute Gasteiger partial charge is 0.188 e. The predicted molar refractivity (Wildman–Crippen MR) is 89.0 cm³/mol. The Hall–Kier alpha value is -1.97. The third kappa shape index (κ3) is 5.62. The maximum absolute atomic E-state index is 10.7. The number of aldehydes is 1. The van der Waals surface area contributed by atoms with Crippen LogP contribution in [0, 0.1) is 0 Å². The molecular formula is C14H17N3O4S2. The molecule has 23 heavy (non-hydrogen) atoms. The lowest BCUT2D eigenvalue weighted by molar-refractivity contribution is 0.0190. The van der Waals surface area contributed by atoms with E-state index in [0.717, 1.165) is 11.3 Å². The van der Waals surface area contributed by atoms with Crippen LogP contribution in [0.4, 0.5) is 0 Å². The van der Waals surface area contributed by atoms with Crippen molar-refractivity contribution in [3.05, 3.63) is 32.2 Å². The summed E-state index contributed by atoms with van der Waals surface area (Å²) in [5, 5.41) is 12.2. The summed E-state index contributed by atoms with van der Waals surface area (Å²) < 4.78 is 5.21. The van der Waals surface area contributed by atoms with Crippen molar-refractivity contribution in [2.75, 3.05) is 7.11 Å². The van der Waals surface area contributed by atoms with Crippen molar-refractivity contribution >= 4 is 41.0 Å². The van der Waals surface area contributed by atoms with Crippen LogP contribution in [-0.4, -0.2) is 40.6 Å². The van der Waals surface area contributed by atoms with Crippen LogP contribution in [-0.2, 0) is 10.3 Å². The number of carbonyl (C=O) groups excluding carboxylic acids is 2. The van der Waals surface area contributed by atoms with Crippen LogP contribution in [0.3, 0.4) is 0 Å². The fourth-order valence-electron chi connectivity index (χ4n) is 1.27. The summed E-state index contributed by atoms with van der Waals surface area (Å²) in [6, 6.07) is 0. The van der Waals surface area contributed by atoms with E-state index in [4.69, 9.17) is 9.94 Å². The summed E-state index contributed by atoms with van der Waals surface area (Å²) >= 11 is 2.56. The number of methoxy groups -OCH3 is 1. The van der Waals surface area contributed by atoms with Gasteiger partial charge in [0, 0.05) is 26.4 Å². The monoisotopic (exact) mass is 355 g/mol. The number of hydrogen-bond acceptors (Lipinski definition) is 9. The first kappa shape index (κ1) is 19.1. The Morgan fingerprint density at radius 2 is 1.96 bits per heavy atom. The maximum Gasteiger partial charge on any atom is 0.188 e. The van der Waals surface area contributed by atoms with Gasteiger partial charge in [0.2, 0.25) is 0 Å². The van der Waals surface area contributed by atoms with Crippen LogP contribution in [0.5, 0.6) is 0 Å². The average Bonchev–Trinajstić information content (AvgIpc) is 3.17. The fraction of sp³-hybridized carbons (Fsp3) is 0.357. The number of ketones is 1. The zero-order chi connectivity index (χ0) is 17.5. The highest BCUT2D eigenvalue weighted by Crippen LogP contribution is 2.27. The highest BCUT2D eigenvalue weighted by atomic mass is 32.1. The van der Waals surface area contributed by atoms with E-state index in [1.807, 2.05) is 13.8 Å². The molecule has 2 aromatic rings. The van der Waals surface area contributed by atoms with E-state index in [1.54, 1.807) is 13.3 Å². The lowest BCUT2D eigenvalue weighted by Gasteiger charge is -2.19. The van der Waals surface area contributed by atoms with Gasteiger partial charge in [0.1, 0.15) is 10.6 Å². The lowest BCUT2D eigenvalue weighted by atomic mass is 10.1. The molecule has 9 heteroatoms. The van der Waals surface area contributed by atoms with Crippen LogP contribution in [0.1, 0.15) is 50.1 Å². The highest BCUT2D eigenvalue weighted by molar-refractivity contribution is 7.15. The minimum Gasteiger partial charge on any atom is -0.411 e. The van der Waals surface area contributed by atoms with Gasteiger partial charge in [-0.25, -0.2) is 9.97 Å². The second-order valence-electron chi connectivity index (χ2n) is 4.77. The zero-order valence-corrected chi connectivity index (χ0v) is 14.8. The second-order valence-corrected chi connectivity index (χ2v) is 6.89. The van der Waals surface area contributed by atoms with E-state index in [2.05, 4.69) is 15.1 Å². The van der Waals surface area contributed by atoms with Gasteiger partial charge in [0.15, 0.2) is 17.1 Å². The van der Waals surface area contributed by atoms with E-state index in [9.17, 15) is 9.59 Å². The summed E-state index contributed by atoms with van der Waals surface area (Å²) in [6.45, 7) is 5.28. The largest absolute Gasteiger partial charge is 0.411 e. The number of oxime groups is 1. The van der Waals surface area contributed by atoms with E-state index in [0.29, 0.717) is 14.8 Å². The Balaban J connectivity index is 0.000000231. The van der Waals surface area contributed by atoms with Gasteiger partial charge in [0.25, 0.3) is 0 Å². The molecule has 0 atom stereocenters. The van der Waals surface area contributed by atoms with Gasteiger partial charge in [-0.3, -0.25) is 9.59 Å². The highest BCUT2D eigenvalue weighted by Gasteiger charge is 2.23. The molecule has 124 valence electrons. The molecule has 0 amide bonds. The molecule has 0 aromatic carbocycles. The molecule has 0 fully saturated rings. The third-order valence-electron chi connectivity index (χ3n) is 2.67. The van der Waals surface area contributed by atoms with Crippen LogP contribution >= 0.6 is 22.7 Å². The molecule has 2 aromatic heterocycles. The van der Waals surface area contributed by atoms with Crippen molar-refractivity contribution in [2.45, 2.75) is 26.4 Å². The summed E-state index contributed by atoms with van der Waals surface area (Å²) in [4.78, 5) is 30.3. The van der Waals surface area contributed by atoms with Gasteiger partial charge < -0.3 is 9.94 Å². The summed E-state index contributed by atoms with van der Waals surface area (Å²) in [5.74, 6) is -0.0763. The molecule has 0 spiro atoms. The second kappa shape index (κ2) is 8.61. The SMILES string of the molecule is CC(=O)c1ncc(/C=N/O)s1.COC(C)(C)c1ncc(C=O)s1. The number of rotatable bonds is 5. The molecular weight excluding hydrogens is 338 g/mol. The number of Topliss-reactive ketones (excluding diaryl/α,β-unsaturated/α-hetero) is 1. The van der Waals surface area contributed by atoms with Gasteiger partial charge in [-0.05, 0) is 13.8 Å².